The van der Waals surface area contributed by atoms with E-state index >= 15 is 0 Å². The number of thioether (sulfide) groups is 1. The van der Waals surface area contributed by atoms with Crippen LogP contribution in [0.4, 0.5) is 0 Å². The van der Waals surface area contributed by atoms with Gasteiger partial charge in [0.05, 0.1) is 33.0 Å². The van der Waals surface area contributed by atoms with Crippen molar-refractivity contribution in [3.05, 3.63) is 118 Å². The summed E-state index contributed by atoms with van der Waals surface area (Å²) in [6.07, 6.45) is -2.08. The first-order valence-corrected chi connectivity index (χ1v) is 14.8. The monoisotopic (exact) mass is 576 g/mol. The topological polar surface area (TPSA) is 72.5 Å². The number of carbonyl (C=O) groups excluding carboxylic acids is 1. The Bertz CT molecular complexity index is 1270. The Balaban J connectivity index is 1.41. The summed E-state index contributed by atoms with van der Waals surface area (Å²) in [6.45, 7) is 5.29. The lowest BCUT2D eigenvalue weighted by molar-refractivity contribution is -0.266. The third-order valence-electron chi connectivity index (χ3n) is 6.88. The first kappa shape index (κ1) is 29.4. The number of hydrogen-bond acceptors (Lipinski definition) is 8. The highest BCUT2D eigenvalue weighted by Gasteiger charge is 2.52. The molecule has 2 aliphatic heterocycles. The van der Waals surface area contributed by atoms with Gasteiger partial charge in [-0.2, -0.15) is 0 Å². The fourth-order valence-corrected chi connectivity index (χ4v) is 6.10. The minimum Gasteiger partial charge on any atom is -0.467 e. The molecule has 2 aliphatic rings. The lowest BCUT2D eigenvalue weighted by Gasteiger charge is -2.47. The van der Waals surface area contributed by atoms with Crippen molar-refractivity contribution >= 4 is 17.7 Å². The van der Waals surface area contributed by atoms with Gasteiger partial charge < -0.3 is 28.4 Å². The number of benzene rings is 3. The molecule has 5 atom stereocenters. The molecule has 0 amide bonds. The predicted molar refractivity (Wildman–Crippen MR) is 157 cm³/mol. The summed E-state index contributed by atoms with van der Waals surface area (Å²) in [5.41, 5.74) is 3.14. The molecule has 0 radical (unpaired) electrons. The number of ether oxygens (including phenoxy) is 6. The molecule has 0 aromatic heterocycles. The fraction of sp³-hybridized carbons (Fsp3) is 0.364. The van der Waals surface area contributed by atoms with Crippen LogP contribution in [0.2, 0.25) is 0 Å². The number of fused-ring (bicyclic) bond motifs is 1. The van der Waals surface area contributed by atoms with Gasteiger partial charge in [-0.05, 0) is 30.5 Å². The minimum atomic E-state index is -0.652. The Labute approximate surface area is 245 Å². The molecule has 7 nitrogen and oxygen atoms in total. The Kier molecular flexibility index (Phi) is 10.5. The molecule has 0 saturated carbocycles. The van der Waals surface area contributed by atoms with Gasteiger partial charge in [0.15, 0.2) is 0 Å². The second-order valence-corrected chi connectivity index (χ2v) is 11.1. The van der Waals surface area contributed by atoms with Crippen LogP contribution in [0.15, 0.2) is 102 Å². The minimum absolute atomic E-state index is 0.276. The molecule has 0 bridgehead atoms. The van der Waals surface area contributed by atoms with Gasteiger partial charge in [-0.1, -0.05) is 91.0 Å². The maximum Gasteiger partial charge on any atom is 0.348 e. The number of rotatable bonds is 12. The molecule has 1 fully saturated rings. The van der Waals surface area contributed by atoms with Crippen LogP contribution in [0.1, 0.15) is 30.5 Å². The Morgan fingerprint density at radius 1 is 0.780 bits per heavy atom. The zero-order chi connectivity index (χ0) is 28.4. The summed E-state index contributed by atoms with van der Waals surface area (Å²) >= 11 is 1.37. The summed E-state index contributed by atoms with van der Waals surface area (Å²) in [7, 11) is 0. The van der Waals surface area contributed by atoms with Crippen molar-refractivity contribution in [3.63, 3.8) is 0 Å². The summed E-state index contributed by atoms with van der Waals surface area (Å²) in [6, 6.07) is 30.0. The Morgan fingerprint density at radius 3 is 1.88 bits per heavy atom. The second kappa shape index (κ2) is 14.7. The highest BCUT2D eigenvalue weighted by molar-refractivity contribution is 8.04. The van der Waals surface area contributed by atoms with E-state index in [1.54, 1.807) is 13.8 Å². The molecule has 0 aliphatic carbocycles. The van der Waals surface area contributed by atoms with Crippen molar-refractivity contribution < 1.29 is 33.2 Å². The largest absolute Gasteiger partial charge is 0.467 e. The van der Waals surface area contributed by atoms with Gasteiger partial charge >= 0.3 is 5.97 Å². The van der Waals surface area contributed by atoms with E-state index in [4.69, 9.17) is 28.4 Å². The van der Waals surface area contributed by atoms with Crippen LogP contribution in [0.5, 0.6) is 0 Å². The van der Waals surface area contributed by atoms with Crippen molar-refractivity contribution in [2.75, 3.05) is 13.2 Å². The Morgan fingerprint density at radius 2 is 1.32 bits per heavy atom. The zero-order valence-electron chi connectivity index (χ0n) is 23.3. The lowest BCUT2D eigenvalue weighted by Crippen LogP contribution is -2.60. The molecule has 2 heterocycles. The van der Waals surface area contributed by atoms with Crippen LogP contribution in [0, 0.1) is 0 Å². The molecule has 41 heavy (non-hydrogen) atoms. The number of allylic oxidation sites excluding steroid dienone is 1. The zero-order valence-corrected chi connectivity index (χ0v) is 24.2. The van der Waals surface area contributed by atoms with Crippen molar-refractivity contribution in [2.45, 2.75) is 63.5 Å². The quantitative estimate of drug-likeness (QED) is 0.242. The van der Waals surface area contributed by atoms with Gasteiger partial charge in [0, 0.05) is 0 Å². The van der Waals surface area contributed by atoms with E-state index in [0.29, 0.717) is 30.5 Å². The standard InChI is InChI=1S/C33H36O7S/c1-3-36-32(34)30-23(2)39-33-31(41-30)29(38-21-26-17-11-6-12-18-26)28(37-20-25-15-9-5-10-16-25)27(40-33)22-35-19-24-13-7-4-8-14-24/h4-18,27-29,31,33H,3,19-22H2,1-2H3/t27-,28-,29+,31-,33+/m1/s1. The highest BCUT2D eigenvalue weighted by Crippen LogP contribution is 2.44. The predicted octanol–water partition coefficient (Wildman–Crippen LogP) is 6.03. The van der Waals surface area contributed by atoms with Gasteiger partial charge in [0.25, 0.3) is 0 Å². The summed E-state index contributed by atoms with van der Waals surface area (Å²) < 4.78 is 37.4. The van der Waals surface area contributed by atoms with Crippen LogP contribution in [-0.4, -0.2) is 49.0 Å². The molecule has 8 heteroatoms. The summed E-state index contributed by atoms with van der Waals surface area (Å²) in [5.74, 6) is 0.0643. The van der Waals surface area contributed by atoms with Gasteiger partial charge in [-0.3, -0.25) is 0 Å². The lowest BCUT2D eigenvalue weighted by atomic mass is 10.00. The normalized spacial score (nSPS) is 23.9. The van der Waals surface area contributed by atoms with E-state index in [1.165, 1.54) is 11.8 Å². The second-order valence-electron chi connectivity index (χ2n) is 9.87. The molecule has 0 spiro atoms. The molecule has 0 N–H and O–H groups in total. The van der Waals surface area contributed by atoms with Crippen molar-refractivity contribution in [3.8, 4) is 0 Å². The molecule has 1 saturated heterocycles. The molecule has 5 rings (SSSR count). The van der Waals surface area contributed by atoms with E-state index in [9.17, 15) is 4.79 Å². The van der Waals surface area contributed by atoms with E-state index < -0.39 is 30.6 Å². The third kappa shape index (κ3) is 7.78. The molecule has 216 valence electrons. The van der Waals surface area contributed by atoms with Crippen LogP contribution in [0.25, 0.3) is 0 Å². The average Bonchev–Trinajstić information content (AvgIpc) is 3.00. The smallest absolute Gasteiger partial charge is 0.348 e. The van der Waals surface area contributed by atoms with E-state index in [2.05, 4.69) is 0 Å². The summed E-state index contributed by atoms with van der Waals surface area (Å²) in [5, 5.41) is -0.368. The molecule has 3 aromatic carbocycles. The molecular weight excluding hydrogens is 540 g/mol. The average molecular weight is 577 g/mol. The van der Waals surface area contributed by atoms with Gasteiger partial charge in [0.1, 0.15) is 34.2 Å². The highest BCUT2D eigenvalue weighted by atomic mass is 32.2. The van der Waals surface area contributed by atoms with Crippen LogP contribution >= 0.6 is 11.8 Å². The number of carbonyl (C=O) groups is 1. The van der Waals surface area contributed by atoms with E-state index in [-0.39, 0.29) is 18.5 Å². The third-order valence-corrected chi connectivity index (χ3v) is 8.34. The molecular formula is C33H36O7S. The van der Waals surface area contributed by atoms with Crippen LogP contribution in [0.3, 0.4) is 0 Å². The van der Waals surface area contributed by atoms with Crippen molar-refractivity contribution in [1.82, 2.24) is 0 Å². The van der Waals surface area contributed by atoms with Gasteiger partial charge in [0.2, 0.25) is 6.29 Å². The maximum atomic E-state index is 12.8. The van der Waals surface area contributed by atoms with Crippen LogP contribution in [-0.2, 0) is 53.0 Å². The van der Waals surface area contributed by atoms with E-state index in [0.717, 1.165) is 16.7 Å². The van der Waals surface area contributed by atoms with Gasteiger partial charge in [-0.25, -0.2) is 4.79 Å². The molecule has 0 unspecified atom stereocenters. The van der Waals surface area contributed by atoms with Crippen LogP contribution < -0.4 is 0 Å². The fourth-order valence-electron chi connectivity index (χ4n) is 4.86. The first-order chi connectivity index (χ1) is 20.1. The number of esters is 1. The molecule has 3 aromatic rings. The van der Waals surface area contributed by atoms with E-state index in [1.807, 2.05) is 91.0 Å². The SMILES string of the molecule is CCOC(=O)C1=C(C)O[C@H]2O[C@H](COCc3ccccc3)[C@@H](OCc3ccccc3)[C@H](OCc3ccccc3)[C@H]2S1. The first-order valence-electron chi connectivity index (χ1n) is 13.9. The number of hydrogen-bond donors (Lipinski definition) is 0. The maximum absolute atomic E-state index is 12.8. The van der Waals surface area contributed by atoms with Crippen molar-refractivity contribution in [1.29, 1.82) is 0 Å². The summed E-state index contributed by atoms with van der Waals surface area (Å²) in [4.78, 5) is 13.2. The Hall–Kier alpha value is -3.14. The van der Waals surface area contributed by atoms with Gasteiger partial charge in [-0.15, -0.1) is 11.8 Å². The van der Waals surface area contributed by atoms with Crippen molar-refractivity contribution in [2.24, 2.45) is 0 Å².